The Morgan fingerprint density at radius 1 is 1.17 bits per heavy atom. The second-order valence-corrected chi connectivity index (χ2v) is 8.85. The first kappa shape index (κ1) is 22.0. The van der Waals surface area contributed by atoms with E-state index in [1.54, 1.807) is 14.2 Å². The zero-order valence-electron chi connectivity index (χ0n) is 17.7. The Morgan fingerprint density at radius 3 is 2.62 bits per heavy atom. The first-order valence-electron chi connectivity index (χ1n) is 10.2. The molecule has 0 spiro atoms. The second-order valence-electron chi connectivity index (χ2n) is 7.82. The Morgan fingerprint density at radius 2 is 1.97 bits per heavy atom. The summed E-state index contributed by atoms with van der Waals surface area (Å²) in [6.45, 7) is 7.07. The lowest BCUT2D eigenvalue weighted by Gasteiger charge is -2.28. The van der Waals surface area contributed by atoms with Crippen LogP contribution in [0.3, 0.4) is 0 Å². The van der Waals surface area contributed by atoms with Crippen molar-refractivity contribution in [1.29, 1.82) is 0 Å². The van der Waals surface area contributed by atoms with E-state index in [-0.39, 0.29) is 12.5 Å². The number of benzene rings is 1. The molecule has 0 bridgehead atoms. The fourth-order valence-electron chi connectivity index (χ4n) is 4.11. The number of aryl methyl sites for hydroxylation is 1. The average Bonchev–Trinajstić information content (AvgIpc) is 3.36. The van der Waals surface area contributed by atoms with Crippen LogP contribution in [0.5, 0.6) is 0 Å². The van der Waals surface area contributed by atoms with Crippen LogP contribution in [0, 0.1) is 12.8 Å². The van der Waals surface area contributed by atoms with Crippen LogP contribution in [0.15, 0.2) is 41.8 Å². The van der Waals surface area contributed by atoms with Crippen LogP contribution in [-0.4, -0.2) is 69.3 Å². The first-order valence-corrected chi connectivity index (χ1v) is 11.1. The molecule has 5 nitrogen and oxygen atoms in total. The Balaban J connectivity index is 1.76. The van der Waals surface area contributed by atoms with Crippen LogP contribution in [0.2, 0.25) is 0 Å². The van der Waals surface area contributed by atoms with Crippen molar-refractivity contribution >= 4 is 17.2 Å². The van der Waals surface area contributed by atoms with Crippen molar-refractivity contribution in [3.05, 3.63) is 57.8 Å². The molecule has 2 atom stereocenters. The van der Waals surface area contributed by atoms with Crippen LogP contribution < -0.4 is 0 Å². The minimum atomic E-state index is 0.0314. The van der Waals surface area contributed by atoms with E-state index in [1.807, 2.05) is 16.2 Å². The zero-order valence-corrected chi connectivity index (χ0v) is 18.5. The number of hydrogen-bond donors (Lipinski definition) is 0. The fourth-order valence-corrected chi connectivity index (χ4v) is 4.85. The van der Waals surface area contributed by atoms with Crippen LogP contribution >= 0.6 is 11.3 Å². The minimum Gasteiger partial charge on any atom is -0.383 e. The summed E-state index contributed by atoms with van der Waals surface area (Å²) in [7, 11) is 3.24. The number of nitrogens with zero attached hydrogens (tertiary/aromatic N) is 2. The van der Waals surface area contributed by atoms with Gasteiger partial charge in [-0.3, -0.25) is 9.69 Å². The van der Waals surface area contributed by atoms with Crippen molar-refractivity contribution in [2.75, 3.05) is 53.6 Å². The fraction of sp³-hybridized carbons (Fsp3) is 0.522. The molecule has 6 heteroatoms. The maximum absolute atomic E-state index is 12.6. The average molecular weight is 417 g/mol. The predicted molar refractivity (Wildman–Crippen MR) is 117 cm³/mol. The van der Waals surface area contributed by atoms with Gasteiger partial charge in [-0.2, -0.15) is 0 Å². The maximum Gasteiger partial charge on any atom is 0.248 e. The number of methoxy groups -OCH3 is 2. The van der Waals surface area contributed by atoms with Crippen molar-refractivity contribution < 1.29 is 14.3 Å². The van der Waals surface area contributed by atoms with Crippen molar-refractivity contribution in [2.45, 2.75) is 19.4 Å². The van der Waals surface area contributed by atoms with Crippen molar-refractivity contribution in [3.63, 3.8) is 0 Å². The second kappa shape index (κ2) is 10.9. The quantitative estimate of drug-likeness (QED) is 0.595. The number of amides is 1. The Kier molecular flexibility index (Phi) is 8.24. The van der Waals surface area contributed by atoms with Gasteiger partial charge >= 0.3 is 0 Å². The summed E-state index contributed by atoms with van der Waals surface area (Å²) in [6, 6.07) is 13.2. The topological polar surface area (TPSA) is 42.0 Å². The van der Waals surface area contributed by atoms with E-state index >= 15 is 0 Å². The summed E-state index contributed by atoms with van der Waals surface area (Å²) >= 11 is 1.81. The SMILES string of the molecule is COCCN(CC1CN(Cc2cccs2)CC1c1ccc(C)cc1)C(=O)COC. The largest absolute Gasteiger partial charge is 0.383 e. The molecule has 1 saturated heterocycles. The number of rotatable bonds is 10. The molecule has 2 unspecified atom stereocenters. The summed E-state index contributed by atoms with van der Waals surface area (Å²) in [5, 5.41) is 2.14. The van der Waals surface area contributed by atoms with Gasteiger partial charge in [0.1, 0.15) is 6.61 Å². The Bertz CT molecular complexity index is 748. The molecule has 0 saturated carbocycles. The van der Waals surface area contributed by atoms with Gasteiger partial charge in [0.2, 0.25) is 5.91 Å². The summed E-state index contributed by atoms with van der Waals surface area (Å²) in [6.07, 6.45) is 0. The molecule has 2 heterocycles. The van der Waals surface area contributed by atoms with Gasteiger partial charge in [-0.1, -0.05) is 35.9 Å². The molecule has 1 amide bonds. The van der Waals surface area contributed by atoms with Gasteiger partial charge in [-0.05, 0) is 29.9 Å². The highest BCUT2D eigenvalue weighted by atomic mass is 32.1. The van der Waals surface area contributed by atoms with E-state index < -0.39 is 0 Å². The summed E-state index contributed by atoms with van der Waals surface area (Å²) in [5.41, 5.74) is 2.64. The Hall–Kier alpha value is -1.73. The van der Waals surface area contributed by atoms with E-state index in [9.17, 15) is 4.79 Å². The highest BCUT2D eigenvalue weighted by Gasteiger charge is 2.35. The summed E-state index contributed by atoms with van der Waals surface area (Å²) in [5.74, 6) is 0.829. The number of likely N-dealkylation sites (tertiary alicyclic amines) is 1. The van der Waals surface area contributed by atoms with Gasteiger partial charge in [0.05, 0.1) is 6.61 Å². The molecule has 3 rings (SSSR count). The van der Waals surface area contributed by atoms with Crippen molar-refractivity contribution in [3.8, 4) is 0 Å². The summed E-state index contributed by atoms with van der Waals surface area (Å²) in [4.78, 5) is 18.4. The highest BCUT2D eigenvalue weighted by molar-refractivity contribution is 7.09. The Labute approximate surface area is 178 Å². The van der Waals surface area contributed by atoms with Crippen LogP contribution in [-0.2, 0) is 20.8 Å². The minimum absolute atomic E-state index is 0.0314. The lowest BCUT2D eigenvalue weighted by molar-refractivity contribution is -0.136. The first-order chi connectivity index (χ1) is 14.1. The standard InChI is InChI=1S/C23H32N2O3S/c1-18-6-8-19(9-7-18)22-16-24(15-21-5-4-12-29-21)13-20(22)14-25(10-11-27-2)23(26)17-28-3/h4-9,12,20,22H,10-11,13-17H2,1-3H3. The molecular formula is C23H32N2O3S. The third-order valence-electron chi connectivity index (χ3n) is 5.62. The smallest absolute Gasteiger partial charge is 0.248 e. The van der Waals surface area contributed by atoms with Crippen LogP contribution in [0.1, 0.15) is 21.9 Å². The van der Waals surface area contributed by atoms with Gasteiger partial charge in [-0.25, -0.2) is 0 Å². The third-order valence-corrected chi connectivity index (χ3v) is 6.48. The molecule has 0 N–H and O–H groups in total. The third kappa shape index (κ3) is 6.12. The zero-order chi connectivity index (χ0) is 20.6. The van der Waals surface area contributed by atoms with Crippen molar-refractivity contribution in [1.82, 2.24) is 9.80 Å². The molecule has 29 heavy (non-hydrogen) atoms. The van der Waals surface area contributed by atoms with E-state index in [0.717, 1.165) is 26.2 Å². The molecule has 0 radical (unpaired) electrons. The van der Waals surface area contributed by atoms with Gasteiger partial charge in [0, 0.05) is 57.7 Å². The number of carbonyl (C=O) groups is 1. The highest BCUT2D eigenvalue weighted by Crippen LogP contribution is 2.34. The molecular weight excluding hydrogens is 384 g/mol. The molecule has 1 aromatic carbocycles. The molecule has 1 fully saturated rings. The number of thiophene rings is 1. The van der Waals surface area contributed by atoms with Crippen LogP contribution in [0.25, 0.3) is 0 Å². The molecule has 158 valence electrons. The number of ether oxygens (including phenoxy) is 2. The predicted octanol–water partition coefficient (Wildman–Crippen LogP) is 3.39. The van der Waals surface area contributed by atoms with Gasteiger partial charge in [0.15, 0.2) is 0 Å². The maximum atomic E-state index is 12.6. The lowest BCUT2D eigenvalue weighted by Crippen LogP contribution is -2.41. The number of hydrogen-bond acceptors (Lipinski definition) is 5. The normalized spacial score (nSPS) is 19.6. The molecule has 1 aromatic heterocycles. The van der Waals surface area contributed by atoms with E-state index in [2.05, 4.69) is 53.6 Å². The van der Waals surface area contributed by atoms with E-state index in [0.29, 0.717) is 25.0 Å². The van der Waals surface area contributed by atoms with E-state index in [4.69, 9.17) is 9.47 Å². The van der Waals surface area contributed by atoms with Gasteiger partial charge < -0.3 is 14.4 Å². The summed E-state index contributed by atoms with van der Waals surface area (Å²) < 4.78 is 10.3. The molecule has 1 aliphatic rings. The van der Waals surface area contributed by atoms with Gasteiger partial charge in [0.25, 0.3) is 0 Å². The van der Waals surface area contributed by atoms with Crippen LogP contribution in [0.4, 0.5) is 0 Å². The molecule has 2 aromatic rings. The molecule has 1 aliphatic heterocycles. The lowest BCUT2D eigenvalue weighted by atomic mass is 9.88. The van der Waals surface area contributed by atoms with Crippen molar-refractivity contribution in [2.24, 2.45) is 5.92 Å². The van der Waals surface area contributed by atoms with E-state index in [1.165, 1.54) is 16.0 Å². The molecule has 0 aliphatic carbocycles. The van der Waals surface area contributed by atoms with Gasteiger partial charge in [-0.15, -0.1) is 11.3 Å². The monoisotopic (exact) mass is 416 g/mol. The number of carbonyl (C=O) groups excluding carboxylic acids is 1.